The first-order chi connectivity index (χ1) is 13.9. The summed E-state index contributed by atoms with van der Waals surface area (Å²) >= 11 is 0. The molecule has 2 heterocycles. The first kappa shape index (κ1) is 18.5. The minimum Gasteiger partial charge on any atom is -0.322 e. The van der Waals surface area contributed by atoms with Gasteiger partial charge < -0.3 is 5.32 Å². The van der Waals surface area contributed by atoms with Crippen molar-refractivity contribution >= 4 is 22.6 Å². The molecule has 4 rings (SSSR count). The quantitative estimate of drug-likeness (QED) is 0.580. The van der Waals surface area contributed by atoms with Crippen LogP contribution in [0.5, 0.6) is 0 Å². The molecule has 146 valence electrons. The molecule has 0 saturated carbocycles. The Kier molecular flexibility index (Phi) is 4.67. The summed E-state index contributed by atoms with van der Waals surface area (Å²) in [6, 6.07) is 11.7. The third-order valence-corrected chi connectivity index (χ3v) is 4.60. The van der Waals surface area contributed by atoms with Crippen LogP contribution in [-0.4, -0.2) is 25.2 Å². The van der Waals surface area contributed by atoms with Crippen LogP contribution in [-0.2, 0) is 11.3 Å². The number of aryl methyl sites for hydroxylation is 2. The smallest absolute Gasteiger partial charge is 0.264 e. The van der Waals surface area contributed by atoms with Gasteiger partial charge in [0.25, 0.3) is 5.56 Å². The third-order valence-electron chi connectivity index (χ3n) is 4.60. The third kappa shape index (κ3) is 3.52. The average Bonchev–Trinajstić information content (AvgIpc) is 3.10. The van der Waals surface area contributed by atoms with Gasteiger partial charge in [-0.3, -0.25) is 14.2 Å². The van der Waals surface area contributed by atoms with Crippen LogP contribution in [0.25, 0.3) is 16.7 Å². The summed E-state index contributed by atoms with van der Waals surface area (Å²) < 4.78 is 16.5. The SMILES string of the molecule is Cc1ccc(-n2ncc3c(=O)n(CC(=O)Nc4ccccc4F)cnc32)c(C)c1. The van der Waals surface area contributed by atoms with Crippen molar-refractivity contribution in [3.05, 3.63) is 82.3 Å². The first-order valence-electron chi connectivity index (χ1n) is 8.99. The van der Waals surface area contributed by atoms with E-state index in [1.165, 1.54) is 35.3 Å². The highest BCUT2D eigenvalue weighted by molar-refractivity contribution is 5.90. The molecule has 2 aromatic heterocycles. The number of amides is 1. The van der Waals surface area contributed by atoms with E-state index in [2.05, 4.69) is 15.4 Å². The molecule has 0 unspecified atom stereocenters. The van der Waals surface area contributed by atoms with Crippen molar-refractivity contribution in [3.8, 4) is 5.69 Å². The molecule has 1 N–H and O–H groups in total. The maximum Gasteiger partial charge on any atom is 0.264 e. The number of nitrogens with one attached hydrogen (secondary N) is 1. The number of hydrogen-bond donors (Lipinski definition) is 1. The number of carbonyl (C=O) groups excluding carboxylic acids is 1. The van der Waals surface area contributed by atoms with Gasteiger partial charge in [0.05, 0.1) is 17.6 Å². The maximum absolute atomic E-state index is 13.7. The highest BCUT2D eigenvalue weighted by atomic mass is 19.1. The molecule has 29 heavy (non-hydrogen) atoms. The molecule has 0 aliphatic carbocycles. The minimum atomic E-state index is -0.545. The van der Waals surface area contributed by atoms with Crippen LogP contribution in [0.15, 0.2) is 59.8 Å². The molecule has 0 saturated heterocycles. The number of para-hydroxylation sites is 1. The number of halogens is 1. The number of aromatic nitrogens is 4. The summed E-state index contributed by atoms with van der Waals surface area (Å²) in [5.74, 6) is -1.07. The van der Waals surface area contributed by atoms with Gasteiger partial charge in [-0.2, -0.15) is 5.10 Å². The zero-order valence-corrected chi connectivity index (χ0v) is 15.9. The molecule has 0 bridgehead atoms. The largest absolute Gasteiger partial charge is 0.322 e. The van der Waals surface area contributed by atoms with Crippen LogP contribution in [0.1, 0.15) is 11.1 Å². The number of benzene rings is 2. The van der Waals surface area contributed by atoms with Crippen LogP contribution in [0, 0.1) is 19.7 Å². The molecule has 0 fully saturated rings. The molecule has 0 atom stereocenters. The standard InChI is InChI=1S/C21H18FN5O2/c1-13-7-8-18(14(2)9-13)27-20-15(10-24-27)21(29)26(12-23-20)11-19(28)25-17-6-4-3-5-16(17)22/h3-10,12H,11H2,1-2H3,(H,25,28). The summed E-state index contributed by atoms with van der Waals surface area (Å²) in [4.78, 5) is 29.4. The van der Waals surface area contributed by atoms with Crippen LogP contribution < -0.4 is 10.9 Å². The Morgan fingerprint density at radius 3 is 2.72 bits per heavy atom. The number of hydrogen-bond acceptors (Lipinski definition) is 4. The molecule has 0 radical (unpaired) electrons. The van der Waals surface area contributed by atoms with Gasteiger partial charge in [-0.25, -0.2) is 14.1 Å². The summed E-state index contributed by atoms with van der Waals surface area (Å²) in [7, 11) is 0. The molecule has 2 aromatic carbocycles. The van der Waals surface area contributed by atoms with Crippen molar-refractivity contribution < 1.29 is 9.18 Å². The minimum absolute atomic E-state index is 0.0576. The average molecular weight is 391 g/mol. The molecule has 7 nitrogen and oxygen atoms in total. The lowest BCUT2D eigenvalue weighted by molar-refractivity contribution is -0.116. The Hall–Kier alpha value is -3.81. The van der Waals surface area contributed by atoms with Gasteiger partial charge >= 0.3 is 0 Å². The van der Waals surface area contributed by atoms with E-state index in [4.69, 9.17) is 0 Å². The van der Waals surface area contributed by atoms with Crippen LogP contribution in [0.3, 0.4) is 0 Å². The summed E-state index contributed by atoms with van der Waals surface area (Å²) in [5, 5.41) is 7.06. The topological polar surface area (TPSA) is 81.8 Å². The van der Waals surface area contributed by atoms with Crippen LogP contribution >= 0.6 is 0 Å². The fourth-order valence-electron chi connectivity index (χ4n) is 3.19. The van der Waals surface area contributed by atoms with E-state index in [0.29, 0.717) is 11.0 Å². The summed E-state index contributed by atoms with van der Waals surface area (Å²) in [6.45, 7) is 3.68. The van der Waals surface area contributed by atoms with E-state index in [-0.39, 0.29) is 12.2 Å². The second-order valence-corrected chi connectivity index (χ2v) is 6.79. The van der Waals surface area contributed by atoms with E-state index in [1.54, 1.807) is 10.7 Å². The molecule has 4 aromatic rings. The van der Waals surface area contributed by atoms with Crippen molar-refractivity contribution in [2.45, 2.75) is 20.4 Å². The van der Waals surface area contributed by atoms with Crippen LogP contribution in [0.2, 0.25) is 0 Å². The van der Waals surface area contributed by atoms with Gasteiger partial charge in [0, 0.05) is 0 Å². The monoisotopic (exact) mass is 391 g/mol. The lowest BCUT2D eigenvalue weighted by Gasteiger charge is -2.09. The number of fused-ring (bicyclic) bond motifs is 1. The Balaban J connectivity index is 1.64. The fourth-order valence-corrected chi connectivity index (χ4v) is 3.19. The summed E-state index contributed by atoms with van der Waals surface area (Å²) in [5.41, 5.74) is 3.03. The number of anilines is 1. The van der Waals surface area contributed by atoms with E-state index in [9.17, 15) is 14.0 Å². The highest BCUT2D eigenvalue weighted by Gasteiger charge is 2.15. The van der Waals surface area contributed by atoms with Gasteiger partial charge in [0.2, 0.25) is 5.91 Å². The molecule has 1 amide bonds. The number of nitrogens with zero attached hydrogens (tertiary/aromatic N) is 4. The van der Waals surface area contributed by atoms with Crippen molar-refractivity contribution in [2.75, 3.05) is 5.32 Å². The molecule has 0 aliphatic heterocycles. The second kappa shape index (κ2) is 7.31. The van der Waals surface area contributed by atoms with Gasteiger partial charge in [-0.15, -0.1) is 0 Å². The maximum atomic E-state index is 13.7. The molecular formula is C21H18FN5O2. The Morgan fingerprint density at radius 1 is 1.17 bits per heavy atom. The van der Waals surface area contributed by atoms with Crippen molar-refractivity contribution in [2.24, 2.45) is 0 Å². The van der Waals surface area contributed by atoms with E-state index >= 15 is 0 Å². The van der Waals surface area contributed by atoms with Gasteiger partial charge in [0.15, 0.2) is 5.65 Å². The second-order valence-electron chi connectivity index (χ2n) is 6.79. The predicted octanol–water partition coefficient (Wildman–Crippen LogP) is 2.98. The van der Waals surface area contributed by atoms with Crippen molar-refractivity contribution in [1.29, 1.82) is 0 Å². The lowest BCUT2D eigenvalue weighted by atomic mass is 10.1. The van der Waals surface area contributed by atoms with Crippen LogP contribution in [0.4, 0.5) is 10.1 Å². The lowest BCUT2D eigenvalue weighted by Crippen LogP contribution is -2.28. The zero-order valence-electron chi connectivity index (χ0n) is 15.9. The molecule has 8 heteroatoms. The molecule has 0 spiro atoms. The Morgan fingerprint density at radius 2 is 1.97 bits per heavy atom. The predicted molar refractivity (Wildman–Crippen MR) is 108 cm³/mol. The Bertz CT molecular complexity index is 1290. The normalized spacial score (nSPS) is 11.0. The van der Waals surface area contributed by atoms with Gasteiger partial charge in [-0.1, -0.05) is 29.8 Å². The number of rotatable bonds is 4. The van der Waals surface area contributed by atoms with Crippen molar-refractivity contribution in [3.63, 3.8) is 0 Å². The van der Waals surface area contributed by atoms with Gasteiger partial charge in [0.1, 0.15) is 24.1 Å². The zero-order chi connectivity index (χ0) is 20.5. The molecule has 0 aliphatic rings. The highest BCUT2D eigenvalue weighted by Crippen LogP contribution is 2.18. The van der Waals surface area contributed by atoms with E-state index in [0.717, 1.165) is 16.8 Å². The fraction of sp³-hybridized carbons (Fsp3) is 0.143. The molecular weight excluding hydrogens is 373 g/mol. The Labute approximate surface area is 165 Å². The first-order valence-corrected chi connectivity index (χ1v) is 8.99. The van der Waals surface area contributed by atoms with E-state index < -0.39 is 17.3 Å². The van der Waals surface area contributed by atoms with Gasteiger partial charge in [-0.05, 0) is 37.6 Å². The number of carbonyl (C=O) groups is 1. The summed E-state index contributed by atoms with van der Waals surface area (Å²) in [6.07, 6.45) is 2.74. The van der Waals surface area contributed by atoms with E-state index in [1.807, 2.05) is 32.0 Å². The van der Waals surface area contributed by atoms with Crippen molar-refractivity contribution in [1.82, 2.24) is 19.3 Å².